The third kappa shape index (κ3) is 4.87. The average molecular weight is 256 g/mol. The molecule has 4 nitrogen and oxygen atoms in total. The Kier molecular flexibility index (Phi) is 8.06. The van der Waals surface area contributed by atoms with Gasteiger partial charge in [-0.3, -0.25) is 4.79 Å². The molecular weight excluding hydrogens is 240 g/mol. The molecule has 1 amide bonds. The molecule has 0 saturated heterocycles. The summed E-state index contributed by atoms with van der Waals surface area (Å²) in [6.45, 7) is 0.399. The third-order valence-corrected chi connectivity index (χ3v) is 2.91. The van der Waals surface area contributed by atoms with E-state index >= 15 is 0 Å². The van der Waals surface area contributed by atoms with Crippen LogP contribution in [0.3, 0.4) is 0 Å². The average Bonchev–Trinajstić information content (AvgIpc) is 2.31. The lowest BCUT2D eigenvalue weighted by Gasteiger charge is -2.13. The van der Waals surface area contributed by atoms with Gasteiger partial charge in [-0.2, -0.15) is 0 Å². The van der Waals surface area contributed by atoms with E-state index in [0.29, 0.717) is 12.7 Å². The highest BCUT2D eigenvalue weighted by Gasteiger charge is 2.16. The van der Waals surface area contributed by atoms with Gasteiger partial charge < -0.3 is 4.90 Å². The highest BCUT2D eigenvalue weighted by Crippen LogP contribution is 2.21. The Morgan fingerprint density at radius 1 is 1.38 bits per heavy atom. The standard InChI is InChI=1S/C10H13NO3P.Al.3H/c1-14-15(13)8-7-11(9-12)10-5-3-2-4-6-10;;;;/h2-6,9H,7-8H2,1H3;;;;/q+1;;;;. The first-order chi connectivity index (χ1) is 7.27. The number of para-hydroxylation sites is 1. The molecule has 0 aliphatic carbocycles. The molecule has 16 heavy (non-hydrogen) atoms. The molecule has 86 valence electrons. The van der Waals surface area contributed by atoms with Crippen LogP contribution in [-0.4, -0.2) is 43.6 Å². The number of carbonyl (C=O) groups excluding carboxylic acids is 1. The molecule has 0 aliphatic rings. The quantitative estimate of drug-likeness (QED) is 0.431. The van der Waals surface area contributed by atoms with E-state index in [2.05, 4.69) is 4.52 Å². The summed E-state index contributed by atoms with van der Waals surface area (Å²) in [6, 6.07) is 9.23. The lowest BCUT2D eigenvalue weighted by molar-refractivity contribution is -0.107. The van der Waals surface area contributed by atoms with Crippen LogP contribution in [0.5, 0.6) is 0 Å². The highest BCUT2D eigenvalue weighted by atomic mass is 31.1. The first-order valence-corrected chi connectivity index (χ1v) is 5.90. The summed E-state index contributed by atoms with van der Waals surface area (Å²) in [5, 5.41) is 0. The zero-order chi connectivity index (χ0) is 11.1. The topological polar surface area (TPSA) is 46.6 Å². The fourth-order valence-electron chi connectivity index (χ4n) is 1.14. The van der Waals surface area contributed by atoms with Crippen LogP contribution in [0.15, 0.2) is 30.3 Å². The van der Waals surface area contributed by atoms with E-state index in [1.807, 2.05) is 30.3 Å². The van der Waals surface area contributed by atoms with E-state index in [9.17, 15) is 9.36 Å². The SMILES string of the molecule is CO[P+](=O)CCN(C=O)c1ccccc1.[AlH3]. The molecule has 0 N–H and O–H groups in total. The molecule has 1 unspecified atom stereocenters. The number of carbonyl (C=O) groups is 1. The lowest BCUT2D eigenvalue weighted by Crippen LogP contribution is -2.23. The first kappa shape index (κ1) is 15.3. The van der Waals surface area contributed by atoms with Crippen molar-refractivity contribution < 1.29 is 13.9 Å². The van der Waals surface area contributed by atoms with Crippen molar-refractivity contribution in [1.29, 1.82) is 0 Å². The third-order valence-electron chi connectivity index (χ3n) is 1.94. The number of anilines is 1. The number of benzene rings is 1. The summed E-state index contributed by atoms with van der Waals surface area (Å²) < 4.78 is 15.7. The van der Waals surface area contributed by atoms with E-state index < -0.39 is 8.03 Å². The summed E-state index contributed by atoms with van der Waals surface area (Å²) >= 11 is 0. The number of hydrogen-bond donors (Lipinski definition) is 0. The Bertz CT molecular complexity index is 334. The Morgan fingerprint density at radius 3 is 2.50 bits per heavy atom. The van der Waals surface area contributed by atoms with Gasteiger partial charge in [-0.15, -0.1) is 4.52 Å². The van der Waals surface area contributed by atoms with Gasteiger partial charge in [0, 0.05) is 5.69 Å². The Morgan fingerprint density at radius 2 is 2.00 bits per heavy atom. The van der Waals surface area contributed by atoms with Crippen molar-refractivity contribution in [3.8, 4) is 0 Å². The van der Waals surface area contributed by atoms with Crippen LogP contribution >= 0.6 is 8.03 Å². The number of amides is 1. The molecule has 1 aromatic rings. The zero-order valence-corrected chi connectivity index (χ0v) is 9.39. The molecule has 0 radical (unpaired) electrons. The summed E-state index contributed by atoms with van der Waals surface area (Å²) in [6.07, 6.45) is 1.08. The Balaban J connectivity index is 0.00000225. The number of rotatable bonds is 6. The second kappa shape index (κ2) is 8.44. The van der Waals surface area contributed by atoms with Gasteiger partial charge in [0.15, 0.2) is 23.5 Å². The van der Waals surface area contributed by atoms with E-state index in [1.54, 1.807) is 0 Å². The molecule has 1 rings (SSSR count). The monoisotopic (exact) mass is 256 g/mol. The molecule has 1 aromatic carbocycles. The van der Waals surface area contributed by atoms with Gasteiger partial charge in [-0.05, 0) is 16.7 Å². The van der Waals surface area contributed by atoms with Crippen molar-refractivity contribution in [3.63, 3.8) is 0 Å². The molecule has 0 spiro atoms. The molecule has 6 heteroatoms. The smallest absolute Gasteiger partial charge is 0.311 e. The van der Waals surface area contributed by atoms with Crippen LogP contribution in [0.25, 0.3) is 0 Å². The maximum absolute atomic E-state index is 11.0. The predicted octanol–water partition coefficient (Wildman–Crippen LogP) is 0.854. The summed E-state index contributed by atoms with van der Waals surface area (Å²) in [5.41, 5.74) is 0.798. The van der Waals surface area contributed by atoms with Crippen LogP contribution in [0.1, 0.15) is 0 Å². The van der Waals surface area contributed by atoms with Crippen LogP contribution in [0.2, 0.25) is 0 Å². The van der Waals surface area contributed by atoms with Crippen molar-refractivity contribution in [3.05, 3.63) is 30.3 Å². The van der Waals surface area contributed by atoms with Crippen LogP contribution in [0.4, 0.5) is 5.69 Å². The Labute approximate surface area is 107 Å². The van der Waals surface area contributed by atoms with Crippen molar-refractivity contribution in [2.75, 3.05) is 24.7 Å². The molecule has 1 atom stereocenters. The minimum atomic E-state index is -1.66. The van der Waals surface area contributed by atoms with Crippen LogP contribution in [-0.2, 0) is 13.9 Å². The molecule has 0 bridgehead atoms. The maximum atomic E-state index is 11.0. The molecule has 0 fully saturated rings. The van der Waals surface area contributed by atoms with Crippen LogP contribution < -0.4 is 4.90 Å². The van der Waals surface area contributed by atoms with Crippen molar-refractivity contribution in [1.82, 2.24) is 0 Å². The summed E-state index contributed by atoms with van der Waals surface area (Å²) in [5.74, 6) is 0. The minimum Gasteiger partial charge on any atom is -0.311 e. The van der Waals surface area contributed by atoms with Crippen molar-refractivity contribution >= 4 is 37.5 Å². The number of hydrogen-bond acceptors (Lipinski definition) is 3. The predicted molar refractivity (Wildman–Crippen MR) is 69.3 cm³/mol. The molecule has 0 heterocycles. The number of nitrogens with zero attached hydrogens (tertiary/aromatic N) is 1. The van der Waals surface area contributed by atoms with Gasteiger partial charge in [0.05, 0.1) is 13.7 Å². The highest BCUT2D eigenvalue weighted by molar-refractivity contribution is 7.39. The lowest BCUT2D eigenvalue weighted by atomic mass is 10.3. The van der Waals surface area contributed by atoms with E-state index in [4.69, 9.17) is 0 Å². The van der Waals surface area contributed by atoms with Gasteiger partial charge in [-0.1, -0.05) is 18.2 Å². The molecule has 0 aromatic heterocycles. The normalized spacial score (nSPS) is 10.2. The van der Waals surface area contributed by atoms with Gasteiger partial charge in [-0.25, -0.2) is 0 Å². The molecule has 0 saturated carbocycles. The van der Waals surface area contributed by atoms with Crippen LogP contribution in [0, 0.1) is 0 Å². The van der Waals surface area contributed by atoms with E-state index in [-0.39, 0.29) is 17.4 Å². The second-order valence-corrected chi connectivity index (χ2v) is 4.35. The molecular formula is C10H16AlNO3P+. The minimum absolute atomic E-state index is 0. The van der Waals surface area contributed by atoms with Gasteiger partial charge in [0.1, 0.15) is 0 Å². The van der Waals surface area contributed by atoms with Gasteiger partial charge in [0.25, 0.3) is 0 Å². The summed E-state index contributed by atoms with van der Waals surface area (Å²) in [7, 11) is -0.262. The first-order valence-electron chi connectivity index (χ1n) is 4.53. The van der Waals surface area contributed by atoms with E-state index in [0.717, 1.165) is 12.1 Å². The zero-order valence-electron chi connectivity index (χ0n) is 8.50. The van der Waals surface area contributed by atoms with Crippen molar-refractivity contribution in [2.45, 2.75) is 0 Å². The van der Waals surface area contributed by atoms with Crippen molar-refractivity contribution in [2.24, 2.45) is 0 Å². The molecule has 0 aliphatic heterocycles. The fraction of sp³-hybridized carbons (Fsp3) is 0.300. The van der Waals surface area contributed by atoms with Gasteiger partial charge in [0.2, 0.25) is 6.41 Å². The summed E-state index contributed by atoms with van der Waals surface area (Å²) in [4.78, 5) is 12.3. The second-order valence-electron chi connectivity index (χ2n) is 2.87. The fourth-order valence-corrected chi connectivity index (χ4v) is 1.70. The maximum Gasteiger partial charge on any atom is 0.509 e. The Hall–Kier alpha value is -0.718. The van der Waals surface area contributed by atoms with E-state index in [1.165, 1.54) is 12.0 Å². The largest absolute Gasteiger partial charge is 0.509 e. The van der Waals surface area contributed by atoms with Gasteiger partial charge >= 0.3 is 8.03 Å².